The number of aromatic nitrogens is 2. The van der Waals surface area contributed by atoms with Gasteiger partial charge in [-0.15, -0.1) is 0 Å². The van der Waals surface area contributed by atoms with Gasteiger partial charge in [0.05, 0.1) is 0 Å². The lowest BCUT2D eigenvalue weighted by Crippen LogP contribution is -2.37. The van der Waals surface area contributed by atoms with Crippen molar-refractivity contribution in [2.75, 3.05) is 18.0 Å². The van der Waals surface area contributed by atoms with Crippen LogP contribution >= 0.6 is 0 Å². The summed E-state index contributed by atoms with van der Waals surface area (Å²) >= 11 is 0. The average molecular weight is 296 g/mol. The van der Waals surface area contributed by atoms with Crippen LogP contribution in [0.4, 0.5) is 5.69 Å². The summed E-state index contributed by atoms with van der Waals surface area (Å²) in [6, 6.07) is 6.38. The summed E-state index contributed by atoms with van der Waals surface area (Å²) in [6.07, 6.45) is 2.96. The molecule has 114 valence electrons. The van der Waals surface area contributed by atoms with E-state index in [4.69, 9.17) is 0 Å². The van der Waals surface area contributed by atoms with Crippen LogP contribution in [0, 0.1) is 6.92 Å². The molecule has 1 amide bonds. The van der Waals surface area contributed by atoms with Gasteiger partial charge in [-0.1, -0.05) is 12.1 Å². The highest BCUT2D eigenvalue weighted by Crippen LogP contribution is 2.30. The molecule has 2 aromatic rings. The standard InChI is InChI=1S/C17H20N4O/c1-11-4-5-12-3-2-8-21(15(12)9-11)17(22)16-13-10-18-7-6-14(13)19-20-16/h4-5,9,18H,2-3,6-8,10H2,1H3,(H,19,20). The number of carbonyl (C=O) groups is 1. The molecule has 0 atom stereocenters. The van der Waals surface area contributed by atoms with Gasteiger partial charge in [0.1, 0.15) is 0 Å². The first-order chi connectivity index (χ1) is 10.7. The number of rotatable bonds is 1. The van der Waals surface area contributed by atoms with E-state index in [-0.39, 0.29) is 5.91 Å². The summed E-state index contributed by atoms with van der Waals surface area (Å²) in [6.45, 7) is 4.50. The van der Waals surface area contributed by atoms with E-state index in [0.29, 0.717) is 5.69 Å². The van der Waals surface area contributed by atoms with Crippen LogP contribution in [0.5, 0.6) is 0 Å². The monoisotopic (exact) mass is 296 g/mol. The smallest absolute Gasteiger partial charge is 0.279 e. The highest BCUT2D eigenvalue weighted by molar-refractivity contribution is 6.06. The minimum Gasteiger partial charge on any atom is -0.312 e. The van der Waals surface area contributed by atoms with Crippen molar-refractivity contribution < 1.29 is 4.79 Å². The van der Waals surface area contributed by atoms with Crippen molar-refractivity contribution in [2.45, 2.75) is 32.7 Å². The predicted octanol–water partition coefficient (Wildman–Crippen LogP) is 1.96. The third-order valence-corrected chi connectivity index (χ3v) is 4.61. The number of nitrogens with zero attached hydrogens (tertiary/aromatic N) is 2. The minimum atomic E-state index is 0.0211. The Morgan fingerprint density at radius 3 is 3.14 bits per heavy atom. The number of aromatic amines is 1. The molecule has 1 aromatic carbocycles. The first-order valence-corrected chi connectivity index (χ1v) is 7.92. The number of nitrogens with one attached hydrogen (secondary N) is 2. The van der Waals surface area contributed by atoms with E-state index in [1.54, 1.807) is 0 Å². The van der Waals surface area contributed by atoms with Crippen LogP contribution in [0.3, 0.4) is 0 Å². The Hall–Kier alpha value is -2.14. The molecule has 5 heteroatoms. The molecule has 0 spiro atoms. The molecule has 2 aliphatic heterocycles. The van der Waals surface area contributed by atoms with Crippen molar-refractivity contribution in [3.8, 4) is 0 Å². The van der Waals surface area contributed by atoms with E-state index in [1.165, 1.54) is 11.1 Å². The second-order valence-electron chi connectivity index (χ2n) is 6.15. The van der Waals surface area contributed by atoms with Crippen molar-refractivity contribution in [2.24, 2.45) is 0 Å². The number of benzene rings is 1. The van der Waals surface area contributed by atoms with Gasteiger partial charge >= 0.3 is 0 Å². The van der Waals surface area contributed by atoms with Gasteiger partial charge in [-0.25, -0.2) is 0 Å². The summed E-state index contributed by atoms with van der Waals surface area (Å²) in [5.41, 5.74) is 6.21. The van der Waals surface area contributed by atoms with Crippen LogP contribution < -0.4 is 10.2 Å². The lowest BCUT2D eigenvalue weighted by atomic mass is 9.99. The molecule has 0 bridgehead atoms. The molecular formula is C17H20N4O. The van der Waals surface area contributed by atoms with Crippen molar-refractivity contribution in [3.63, 3.8) is 0 Å². The molecule has 0 aliphatic carbocycles. The molecule has 2 N–H and O–H groups in total. The molecular weight excluding hydrogens is 276 g/mol. The van der Waals surface area contributed by atoms with E-state index in [1.807, 2.05) is 4.90 Å². The Kier molecular flexibility index (Phi) is 3.22. The zero-order chi connectivity index (χ0) is 15.1. The lowest BCUT2D eigenvalue weighted by molar-refractivity contribution is 0.0979. The van der Waals surface area contributed by atoms with Crippen molar-refractivity contribution in [1.82, 2.24) is 15.5 Å². The summed E-state index contributed by atoms with van der Waals surface area (Å²) in [7, 11) is 0. The highest BCUT2D eigenvalue weighted by Gasteiger charge is 2.29. The fourth-order valence-corrected chi connectivity index (χ4v) is 3.43. The molecule has 0 fully saturated rings. The quantitative estimate of drug-likeness (QED) is 0.845. The molecule has 0 saturated heterocycles. The summed E-state index contributed by atoms with van der Waals surface area (Å²) in [5, 5.41) is 10.7. The number of fused-ring (bicyclic) bond motifs is 2. The van der Waals surface area contributed by atoms with Gasteiger partial charge in [-0.2, -0.15) is 5.10 Å². The van der Waals surface area contributed by atoms with Crippen LogP contribution in [-0.4, -0.2) is 29.2 Å². The second kappa shape index (κ2) is 5.25. The zero-order valence-corrected chi connectivity index (χ0v) is 12.8. The van der Waals surface area contributed by atoms with Gasteiger partial charge in [-0.3, -0.25) is 9.89 Å². The number of hydrogen-bond donors (Lipinski definition) is 2. The number of amides is 1. The summed E-state index contributed by atoms with van der Waals surface area (Å²) in [5.74, 6) is 0.0211. The van der Waals surface area contributed by atoms with E-state index in [9.17, 15) is 4.79 Å². The van der Waals surface area contributed by atoms with E-state index in [2.05, 4.69) is 40.6 Å². The van der Waals surface area contributed by atoms with Gasteiger partial charge < -0.3 is 10.2 Å². The van der Waals surface area contributed by atoms with Crippen LogP contribution in [0.2, 0.25) is 0 Å². The minimum absolute atomic E-state index is 0.0211. The SMILES string of the molecule is Cc1ccc2c(c1)N(C(=O)c1n[nH]c3c1CNCC3)CCC2. The molecule has 5 nitrogen and oxygen atoms in total. The third-order valence-electron chi connectivity index (χ3n) is 4.61. The Morgan fingerprint density at radius 2 is 2.23 bits per heavy atom. The molecule has 0 saturated carbocycles. The van der Waals surface area contributed by atoms with Gasteiger partial charge in [-0.05, 0) is 37.0 Å². The van der Waals surface area contributed by atoms with Crippen molar-refractivity contribution >= 4 is 11.6 Å². The lowest BCUT2D eigenvalue weighted by Gasteiger charge is -2.29. The van der Waals surface area contributed by atoms with E-state index >= 15 is 0 Å². The van der Waals surface area contributed by atoms with Crippen LogP contribution in [-0.2, 0) is 19.4 Å². The number of anilines is 1. The summed E-state index contributed by atoms with van der Waals surface area (Å²) in [4.78, 5) is 14.9. The molecule has 0 unspecified atom stereocenters. The maximum atomic E-state index is 13.0. The average Bonchev–Trinajstić information content (AvgIpc) is 2.97. The maximum absolute atomic E-state index is 13.0. The fraction of sp³-hybridized carbons (Fsp3) is 0.412. The predicted molar refractivity (Wildman–Crippen MR) is 85.2 cm³/mol. The van der Waals surface area contributed by atoms with Gasteiger partial charge in [0, 0.05) is 43.0 Å². The van der Waals surface area contributed by atoms with Crippen molar-refractivity contribution in [1.29, 1.82) is 0 Å². The number of H-pyrrole nitrogens is 1. The largest absolute Gasteiger partial charge is 0.312 e. The van der Waals surface area contributed by atoms with Gasteiger partial charge in [0.15, 0.2) is 5.69 Å². The molecule has 3 heterocycles. The first kappa shape index (κ1) is 13.5. The normalized spacial score (nSPS) is 17.0. The zero-order valence-electron chi connectivity index (χ0n) is 12.8. The molecule has 1 aromatic heterocycles. The summed E-state index contributed by atoms with van der Waals surface area (Å²) < 4.78 is 0. The Balaban J connectivity index is 1.73. The third kappa shape index (κ3) is 2.13. The van der Waals surface area contributed by atoms with Gasteiger partial charge in [0.25, 0.3) is 5.91 Å². The number of carbonyl (C=O) groups excluding carboxylic acids is 1. The topological polar surface area (TPSA) is 61.0 Å². The highest BCUT2D eigenvalue weighted by atomic mass is 16.2. The first-order valence-electron chi connectivity index (χ1n) is 7.92. The van der Waals surface area contributed by atoms with Crippen LogP contribution in [0.25, 0.3) is 0 Å². The number of aryl methyl sites for hydroxylation is 2. The van der Waals surface area contributed by atoms with Crippen molar-refractivity contribution in [3.05, 3.63) is 46.3 Å². The van der Waals surface area contributed by atoms with E-state index < -0.39 is 0 Å². The molecule has 0 radical (unpaired) electrons. The fourth-order valence-electron chi connectivity index (χ4n) is 3.43. The maximum Gasteiger partial charge on any atom is 0.279 e. The van der Waals surface area contributed by atoms with E-state index in [0.717, 1.165) is 55.8 Å². The Bertz CT molecular complexity index is 734. The molecule has 4 rings (SSSR count). The molecule has 2 aliphatic rings. The second-order valence-corrected chi connectivity index (χ2v) is 6.15. The van der Waals surface area contributed by atoms with Crippen LogP contribution in [0.1, 0.15) is 39.3 Å². The molecule has 22 heavy (non-hydrogen) atoms. The Morgan fingerprint density at radius 1 is 1.32 bits per heavy atom. The van der Waals surface area contributed by atoms with Crippen LogP contribution in [0.15, 0.2) is 18.2 Å². The Labute approximate surface area is 129 Å². The number of hydrogen-bond acceptors (Lipinski definition) is 3. The van der Waals surface area contributed by atoms with Gasteiger partial charge in [0.2, 0.25) is 0 Å².